The Balaban J connectivity index is 1.36. The number of rotatable bonds is 8. The Morgan fingerprint density at radius 1 is 1.10 bits per heavy atom. The average Bonchev–Trinajstić information content (AvgIpc) is 3.65. The maximum atomic E-state index is 13.5. The van der Waals surface area contributed by atoms with Gasteiger partial charge >= 0.3 is 11.7 Å². The van der Waals surface area contributed by atoms with E-state index >= 15 is 0 Å². The number of hydrogen-bond donors (Lipinski definition) is 1. The lowest BCUT2D eigenvalue weighted by Crippen LogP contribution is -2.49. The number of nitrogen functional groups attached to an aromatic ring is 1. The molecule has 0 radical (unpaired) electrons. The molecule has 1 saturated heterocycles. The smallest absolute Gasteiger partial charge is 0.418 e. The standard InChI is InChI=1S/C27H29ClF3N5O4S/c1-26(8-9-26)17-40-24-22(15-33-36(25(24)37)20-6-3-5-19(28)14-20)34-10-12-35(13-11-34)41(38,39)16-18-4-2-7-21(23(18)32)27(29,30)31/h2-7,14-15H,8-13,16-17,32H2,1H3. The first-order chi connectivity index (χ1) is 19.3. The Bertz CT molecular complexity index is 1620. The molecule has 2 aliphatic rings. The lowest BCUT2D eigenvalue weighted by molar-refractivity contribution is -0.136. The van der Waals surface area contributed by atoms with Crippen LogP contribution in [-0.4, -0.2) is 55.3 Å². The molecule has 0 amide bonds. The number of alkyl halides is 3. The summed E-state index contributed by atoms with van der Waals surface area (Å²) < 4.78 is 74.6. The number of hydrogen-bond acceptors (Lipinski definition) is 7. The molecule has 0 bridgehead atoms. The van der Waals surface area contributed by atoms with Crippen LogP contribution in [0.5, 0.6) is 5.75 Å². The number of para-hydroxylation sites is 1. The van der Waals surface area contributed by atoms with Gasteiger partial charge in [0, 0.05) is 42.3 Å². The first-order valence-corrected chi connectivity index (χ1v) is 14.9. The number of sulfonamides is 1. The van der Waals surface area contributed by atoms with Gasteiger partial charge < -0.3 is 15.4 Å². The highest BCUT2D eigenvalue weighted by Crippen LogP contribution is 2.45. The highest BCUT2D eigenvalue weighted by atomic mass is 35.5. The molecule has 9 nitrogen and oxygen atoms in total. The van der Waals surface area contributed by atoms with Crippen LogP contribution in [0.2, 0.25) is 5.02 Å². The van der Waals surface area contributed by atoms with Crippen molar-refractivity contribution in [1.82, 2.24) is 14.1 Å². The first kappa shape index (κ1) is 29.2. The number of benzene rings is 2. The number of ether oxygens (including phenoxy) is 1. The highest BCUT2D eigenvalue weighted by molar-refractivity contribution is 7.88. The predicted molar refractivity (Wildman–Crippen MR) is 150 cm³/mol. The van der Waals surface area contributed by atoms with E-state index in [1.165, 1.54) is 21.3 Å². The van der Waals surface area contributed by atoms with Gasteiger partial charge in [-0.05, 0) is 42.7 Å². The Hall–Kier alpha value is -3.29. The van der Waals surface area contributed by atoms with Crippen molar-refractivity contribution in [2.45, 2.75) is 31.7 Å². The first-order valence-electron chi connectivity index (χ1n) is 13.0. The number of nitrogens with zero attached hydrogens (tertiary/aromatic N) is 4. The average molecular weight is 612 g/mol. The van der Waals surface area contributed by atoms with E-state index in [9.17, 15) is 26.4 Å². The summed E-state index contributed by atoms with van der Waals surface area (Å²) in [5.74, 6) is -0.548. The van der Waals surface area contributed by atoms with Crippen LogP contribution < -0.4 is 20.9 Å². The van der Waals surface area contributed by atoms with Crippen LogP contribution in [0.25, 0.3) is 5.69 Å². The van der Waals surface area contributed by atoms with Crippen LogP contribution in [0.15, 0.2) is 53.5 Å². The number of piperazine rings is 1. The normalized spacial score (nSPS) is 17.4. The Kier molecular flexibility index (Phi) is 7.72. The van der Waals surface area contributed by atoms with E-state index in [0.717, 1.165) is 25.0 Å². The fraction of sp³-hybridized carbons (Fsp3) is 0.407. The SMILES string of the molecule is CC1(COc2c(N3CCN(S(=O)(=O)Cc4cccc(C(F)(F)F)c4N)CC3)cnn(-c3cccc(Cl)c3)c2=O)CC1. The number of nitrogens with two attached hydrogens (primary N) is 1. The third-order valence-electron chi connectivity index (χ3n) is 7.45. The van der Waals surface area contributed by atoms with Gasteiger partial charge in [-0.25, -0.2) is 8.42 Å². The van der Waals surface area contributed by atoms with Gasteiger partial charge in [-0.1, -0.05) is 36.7 Å². The predicted octanol–water partition coefficient (Wildman–Crippen LogP) is 4.32. The molecule has 1 aromatic heterocycles. The summed E-state index contributed by atoms with van der Waals surface area (Å²) in [4.78, 5) is 15.4. The Morgan fingerprint density at radius 2 is 1.78 bits per heavy atom. The largest absolute Gasteiger partial charge is 0.486 e. The zero-order valence-electron chi connectivity index (χ0n) is 22.2. The van der Waals surface area contributed by atoms with Gasteiger partial charge in [0.1, 0.15) is 5.69 Å². The van der Waals surface area contributed by atoms with Crippen molar-refractivity contribution in [3.8, 4) is 11.4 Å². The van der Waals surface area contributed by atoms with E-state index < -0.39 is 38.8 Å². The maximum absolute atomic E-state index is 13.5. The van der Waals surface area contributed by atoms with Gasteiger partial charge in [0.2, 0.25) is 15.8 Å². The zero-order chi connectivity index (χ0) is 29.6. The van der Waals surface area contributed by atoms with Crippen molar-refractivity contribution < 1.29 is 26.3 Å². The van der Waals surface area contributed by atoms with Crippen molar-refractivity contribution in [2.24, 2.45) is 5.41 Å². The van der Waals surface area contributed by atoms with Crippen LogP contribution in [0.4, 0.5) is 24.5 Å². The van der Waals surface area contributed by atoms with E-state index in [1.54, 1.807) is 24.3 Å². The van der Waals surface area contributed by atoms with Crippen molar-refractivity contribution in [3.05, 3.63) is 75.2 Å². The molecule has 0 atom stereocenters. The van der Waals surface area contributed by atoms with Crippen molar-refractivity contribution in [1.29, 1.82) is 0 Å². The van der Waals surface area contributed by atoms with E-state index in [4.69, 9.17) is 22.1 Å². The molecular weight excluding hydrogens is 583 g/mol. The van der Waals surface area contributed by atoms with Crippen LogP contribution in [0.1, 0.15) is 30.9 Å². The summed E-state index contributed by atoms with van der Waals surface area (Å²) in [6.45, 7) is 2.96. The van der Waals surface area contributed by atoms with E-state index in [1.807, 2.05) is 4.90 Å². The molecule has 3 aromatic rings. The van der Waals surface area contributed by atoms with Crippen molar-refractivity contribution in [2.75, 3.05) is 43.4 Å². The third kappa shape index (κ3) is 6.31. The summed E-state index contributed by atoms with van der Waals surface area (Å²) in [5.41, 5.74) is 4.35. The molecule has 1 aliphatic heterocycles. The molecule has 2 aromatic carbocycles. The van der Waals surface area contributed by atoms with Gasteiger partial charge in [-0.15, -0.1) is 0 Å². The van der Waals surface area contributed by atoms with Crippen LogP contribution in [-0.2, 0) is 22.0 Å². The molecule has 220 valence electrons. The second kappa shape index (κ2) is 10.8. The maximum Gasteiger partial charge on any atom is 0.418 e. The lowest BCUT2D eigenvalue weighted by atomic mass is 10.1. The van der Waals surface area contributed by atoms with E-state index in [-0.39, 0.29) is 42.9 Å². The van der Waals surface area contributed by atoms with Crippen LogP contribution in [0.3, 0.4) is 0 Å². The zero-order valence-corrected chi connectivity index (χ0v) is 23.8. The molecule has 1 aliphatic carbocycles. The molecule has 1 saturated carbocycles. The topological polar surface area (TPSA) is 111 Å². The van der Waals surface area contributed by atoms with Gasteiger partial charge in [-0.2, -0.15) is 27.3 Å². The molecule has 5 rings (SSSR count). The Morgan fingerprint density at radius 3 is 2.41 bits per heavy atom. The fourth-order valence-electron chi connectivity index (χ4n) is 4.67. The highest BCUT2D eigenvalue weighted by Gasteiger charge is 2.39. The minimum atomic E-state index is -4.69. The van der Waals surface area contributed by atoms with Gasteiger partial charge in [0.25, 0.3) is 0 Å². The summed E-state index contributed by atoms with van der Waals surface area (Å²) in [6.07, 6.45) is -1.20. The van der Waals surface area contributed by atoms with Crippen LogP contribution >= 0.6 is 11.6 Å². The number of aromatic nitrogens is 2. The fourth-order valence-corrected chi connectivity index (χ4v) is 6.40. The quantitative estimate of drug-likeness (QED) is 0.378. The second-order valence-electron chi connectivity index (χ2n) is 10.7. The number of halogens is 4. The Labute approximate surface area is 240 Å². The van der Waals surface area contributed by atoms with Gasteiger partial charge in [0.15, 0.2) is 0 Å². The molecule has 41 heavy (non-hydrogen) atoms. The summed E-state index contributed by atoms with van der Waals surface area (Å²) in [5, 5.41) is 4.78. The molecule has 0 spiro atoms. The monoisotopic (exact) mass is 611 g/mol. The third-order valence-corrected chi connectivity index (χ3v) is 9.51. The second-order valence-corrected chi connectivity index (χ2v) is 13.1. The number of anilines is 2. The summed E-state index contributed by atoms with van der Waals surface area (Å²) >= 11 is 6.11. The molecule has 2 fully saturated rings. The molecule has 2 heterocycles. The summed E-state index contributed by atoms with van der Waals surface area (Å²) in [7, 11) is -3.98. The van der Waals surface area contributed by atoms with Gasteiger partial charge in [0.05, 0.1) is 29.8 Å². The minimum Gasteiger partial charge on any atom is -0.486 e. The minimum absolute atomic E-state index is 0.00803. The lowest BCUT2D eigenvalue weighted by Gasteiger charge is -2.36. The van der Waals surface area contributed by atoms with Gasteiger partial charge in [-0.3, -0.25) is 4.79 Å². The van der Waals surface area contributed by atoms with Crippen molar-refractivity contribution in [3.63, 3.8) is 0 Å². The molecular formula is C27H29ClF3N5O4S. The molecule has 14 heteroatoms. The van der Waals surface area contributed by atoms with E-state index in [2.05, 4.69) is 12.0 Å². The summed E-state index contributed by atoms with van der Waals surface area (Å²) in [6, 6.07) is 9.95. The van der Waals surface area contributed by atoms with Crippen LogP contribution in [0, 0.1) is 5.41 Å². The molecule has 0 unspecified atom stereocenters. The molecule has 2 N–H and O–H groups in total. The van der Waals surface area contributed by atoms with Crippen molar-refractivity contribution >= 4 is 33.0 Å². The van der Waals surface area contributed by atoms with E-state index in [0.29, 0.717) is 23.0 Å².